The molecule has 0 aromatic heterocycles. The maximum absolute atomic E-state index is 13.9. The van der Waals surface area contributed by atoms with Gasteiger partial charge in [0.05, 0.1) is 12.2 Å². The lowest BCUT2D eigenvalue weighted by Crippen LogP contribution is -2.44. The second-order valence-electron chi connectivity index (χ2n) is 13.2. The zero-order chi connectivity index (χ0) is 30.4. The van der Waals surface area contributed by atoms with E-state index in [0.29, 0.717) is 37.5 Å². The zero-order valence-electron chi connectivity index (χ0n) is 25.5. The minimum Gasteiger partial charge on any atom is -0.490 e. The Hall–Kier alpha value is -3.87. The SMILES string of the molecule is CCOc1cc(C2C3=C(CC(C)(C)CC3=O)N(CC)C3=C2C(=O)CC(C)(C)C3)ccc1OCc1ccc(C(=O)O)cc1. The van der Waals surface area contributed by atoms with Crippen molar-refractivity contribution in [1.82, 2.24) is 4.90 Å². The number of carbonyl (C=O) groups is 3. The van der Waals surface area contributed by atoms with E-state index in [1.54, 1.807) is 24.3 Å². The van der Waals surface area contributed by atoms with E-state index in [4.69, 9.17) is 9.47 Å². The van der Waals surface area contributed by atoms with Crippen molar-refractivity contribution in [3.8, 4) is 11.5 Å². The lowest BCUT2D eigenvalue weighted by molar-refractivity contribution is -0.119. The number of carboxylic acid groups (broad SMARTS) is 1. The molecule has 222 valence electrons. The van der Waals surface area contributed by atoms with Crippen LogP contribution in [0.3, 0.4) is 0 Å². The number of ketones is 2. The Morgan fingerprint density at radius 2 is 1.40 bits per heavy atom. The highest BCUT2D eigenvalue weighted by atomic mass is 16.5. The number of hydrogen-bond donors (Lipinski definition) is 1. The summed E-state index contributed by atoms with van der Waals surface area (Å²) in [5.41, 5.74) is 5.19. The van der Waals surface area contributed by atoms with Crippen molar-refractivity contribution in [1.29, 1.82) is 0 Å². The van der Waals surface area contributed by atoms with Crippen LogP contribution >= 0.6 is 0 Å². The molecule has 42 heavy (non-hydrogen) atoms. The molecule has 0 fully saturated rings. The average Bonchev–Trinajstić information content (AvgIpc) is 2.90. The van der Waals surface area contributed by atoms with Crippen LogP contribution in [0.25, 0.3) is 0 Å². The van der Waals surface area contributed by atoms with E-state index in [-0.39, 0.29) is 34.6 Å². The monoisotopic (exact) mass is 571 g/mol. The van der Waals surface area contributed by atoms with Gasteiger partial charge in [-0.25, -0.2) is 4.79 Å². The molecule has 0 saturated carbocycles. The molecule has 0 spiro atoms. The Morgan fingerprint density at radius 1 is 0.833 bits per heavy atom. The lowest BCUT2D eigenvalue weighted by atomic mass is 9.63. The fourth-order valence-corrected chi connectivity index (χ4v) is 6.76. The fourth-order valence-electron chi connectivity index (χ4n) is 6.76. The number of carbonyl (C=O) groups excluding carboxylic acids is 2. The summed E-state index contributed by atoms with van der Waals surface area (Å²) in [5.74, 6) is -0.107. The molecule has 1 heterocycles. The van der Waals surface area contributed by atoms with Gasteiger partial charge in [0.15, 0.2) is 23.1 Å². The summed E-state index contributed by atoms with van der Waals surface area (Å²) >= 11 is 0. The third kappa shape index (κ3) is 5.61. The molecule has 0 radical (unpaired) electrons. The summed E-state index contributed by atoms with van der Waals surface area (Å²) < 4.78 is 12.2. The molecule has 2 aromatic rings. The fraction of sp³-hybridized carbons (Fsp3) is 0.457. The number of ether oxygens (including phenoxy) is 2. The van der Waals surface area contributed by atoms with Gasteiger partial charge >= 0.3 is 5.97 Å². The number of carboxylic acids is 1. The molecule has 5 rings (SSSR count). The van der Waals surface area contributed by atoms with Crippen molar-refractivity contribution < 1.29 is 29.0 Å². The second-order valence-corrected chi connectivity index (χ2v) is 13.2. The molecule has 0 amide bonds. The first-order valence-corrected chi connectivity index (χ1v) is 14.9. The van der Waals surface area contributed by atoms with Crippen LogP contribution in [0.15, 0.2) is 65.0 Å². The van der Waals surface area contributed by atoms with Crippen LogP contribution in [0.1, 0.15) is 94.6 Å². The molecule has 7 nitrogen and oxygen atoms in total. The van der Waals surface area contributed by atoms with Crippen molar-refractivity contribution in [2.24, 2.45) is 10.8 Å². The molecule has 0 unspecified atom stereocenters. The van der Waals surface area contributed by atoms with E-state index in [0.717, 1.165) is 46.5 Å². The molecule has 0 bridgehead atoms. The van der Waals surface area contributed by atoms with Crippen molar-refractivity contribution in [3.05, 3.63) is 81.7 Å². The maximum Gasteiger partial charge on any atom is 0.335 e. The van der Waals surface area contributed by atoms with Gasteiger partial charge < -0.3 is 19.5 Å². The first kappa shape index (κ1) is 29.6. The van der Waals surface area contributed by atoms with E-state index in [9.17, 15) is 19.5 Å². The van der Waals surface area contributed by atoms with Crippen molar-refractivity contribution in [2.75, 3.05) is 13.2 Å². The van der Waals surface area contributed by atoms with Crippen molar-refractivity contribution in [3.63, 3.8) is 0 Å². The predicted molar refractivity (Wildman–Crippen MR) is 161 cm³/mol. The van der Waals surface area contributed by atoms with E-state index < -0.39 is 11.9 Å². The van der Waals surface area contributed by atoms with Gasteiger partial charge in [-0.05, 0) is 72.9 Å². The molecular formula is C35H41NO6. The van der Waals surface area contributed by atoms with Gasteiger partial charge in [-0.3, -0.25) is 9.59 Å². The summed E-state index contributed by atoms with van der Waals surface area (Å²) in [4.78, 5) is 41.2. The molecule has 1 aliphatic heterocycles. The van der Waals surface area contributed by atoms with E-state index >= 15 is 0 Å². The highest BCUT2D eigenvalue weighted by Crippen LogP contribution is 2.54. The van der Waals surface area contributed by atoms with Crippen LogP contribution in [-0.2, 0) is 16.2 Å². The van der Waals surface area contributed by atoms with Crippen molar-refractivity contribution >= 4 is 17.5 Å². The van der Waals surface area contributed by atoms with Crippen LogP contribution in [-0.4, -0.2) is 40.7 Å². The maximum atomic E-state index is 13.9. The topological polar surface area (TPSA) is 93.1 Å². The summed E-state index contributed by atoms with van der Waals surface area (Å²) in [7, 11) is 0. The van der Waals surface area contributed by atoms with Gasteiger partial charge in [-0.2, -0.15) is 0 Å². The predicted octanol–water partition coefficient (Wildman–Crippen LogP) is 7.07. The summed E-state index contributed by atoms with van der Waals surface area (Å²) in [6, 6.07) is 12.3. The molecule has 0 saturated heterocycles. The third-order valence-corrected chi connectivity index (χ3v) is 8.53. The first-order chi connectivity index (χ1) is 19.8. The van der Waals surface area contributed by atoms with Crippen LogP contribution in [0.5, 0.6) is 11.5 Å². The molecular weight excluding hydrogens is 530 g/mol. The highest BCUT2D eigenvalue weighted by Gasteiger charge is 2.48. The smallest absolute Gasteiger partial charge is 0.335 e. The minimum atomic E-state index is -0.974. The van der Waals surface area contributed by atoms with Crippen LogP contribution in [0.2, 0.25) is 0 Å². The summed E-state index contributed by atoms with van der Waals surface area (Å²) in [5, 5.41) is 9.17. The number of aromatic carboxylic acids is 1. The molecule has 2 aromatic carbocycles. The standard InChI is InChI=1S/C35H41NO6/c1-7-36-24-16-34(3,4)18-26(37)31(24)30(32-25(36)17-35(5,6)19-27(32)38)23-13-14-28(29(15-23)41-8-2)42-20-21-9-11-22(12-10-21)33(39)40/h9-15,30H,7-8,16-20H2,1-6H3,(H,39,40). The number of rotatable bonds is 8. The Balaban J connectivity index is 1.58. The normalized spacial score (nSPS) is 19.9. The number of allylic oxidation sites excluding steroid dienone is 4. The second kappa shape index (κ2) is 11.1. The zero-order valence-corrected chi connectivity index (χ0v) is 25.5. The van der Waals surface area contributed by atoms with Gasteiger partial charge in [0.1, 0.15) is 6.61 Å². The average molecular weight is 572 g/mol. The van der Waals surface area contributed by atoms with E-state index in [2.05, 4.69) is 39.5 Å². The van der Waals surface area contributed by atoms with Gasteiger partial charge in [-0.15, -0.1) is 0 Å². The van der Waals surface area contributed by atoms with Crippen LogP contribution < -0.4 is 9.47 Å². The quantitative estimate of drug-likeness (QED) is 0.362. The largest absolute Gasteiger partial charge is 0.490 e. The molecule has 1 N–H and O–H groups in total. The molecule has 2 aliphatic carbocycles. The van der Waals surface area contributed by atoms with Gasteiger partial charge in [0, 0.05) is 47.8 Å². The molecule has 3 aliphatic rings. The van der Waals surface area contributed by atoms with Gasteiger partial charge in [0.25, 0.3) is 0 Å². The number of benzene rings is 2. The Labute approximate surface area is 248 Å². The summed E-state index contributed by atoms with van der Waals surface area (Å²) in [6.45, 7) is 13.9. The van der Waals surface area contributed by atoms with Gasteiger partial charge in [0.2, 0.25) is 0 Å². The number of nitrogens with zero attached hydrogens (tertiary/aromatic N) is 1. The van der Waals surface area contributed by atoms with Crippen LogP contribution in [0, 0.1) is 10.8 Å². The molecule has 7 heteroatoms. The Morgan fingerprint density at radius 3 is 1.90 bits per heavy atom. The number of Topliss-reactive ketones (excluding diaryl/α,β-unsaturated/α-hetero) is 2. The van der Waals surface area contributed by atoms with Gasteiger partial charge in [-0.1, -0.05) is 45.9 Å². The highest BCUT2D eigenvalue weighted by molar-refractivity contribution is 6.06. The Bertz CT molecular complexity index is 1440. The summed E-state index contributed by atoms with van der Waals surface area (Å²) in [6.07, 6.45) is 2.46. The van der Waals surface area contributed by atoms with E-state index in [1.165, 1.54) is 0 Å². The van der Waals surface area contributed by atoms with E-state index in [1.807, 2.05) is 25.1 Å². The van der Waals surface area contributed by atoms with Crippen molar-refractivity contribution in [2.45, 2.75) is 79.8 Å². The Kier molecular flexibility index (Phi) is 7.82. The minimum absolute atomic E-state index is 0.108. The lowest BCUT2D eigenvalue weighted by Gasteiger charge is -2.48. The first-order valence-electron chi connectivity index (χ1n) is 14.9. The van der Waals surface area contributed by atoms with Crippen LogP contribution in [0.4, 0.5) is 0 Å². The molecule has 0 atom stereocenters. The number of hydrogen-bond acceptors (Lipinski definition) is 6. The third-order valence-electron chi connectivity index (χ3n) is 8.53.